The van der Waals surface area contributed by atoms with Crippen molar-refractivity contribution in [2.45, 2.75) is 70.1 Å². The summed E-state index contributed by atoms with van der Waals surface area (Å²) in [6.07, 6.45) is 5.81. The molecule has 1 unspecified atom stereocenters. The average molecular weight is 197 g/mol. The van der Waals surface area contributed by atoms with Gasteiger partial charge in [0.25, 0.3) is 0 Å². The second-order valence-electron chi connectivity index (χ2n) is 5.98. The van der Waals surface area contributed by atoms with Crippen LogP contribution in [0.3, 0.4) is 0 Å². The molecule has 1 N–H and O–H groups in total. The van der Waals surface area contributed by atoms with Gasteiger partial charge in [-0.2, -0.15) is 0 Å². The predicted molar refractivity (Wildman–Crippen MR) is 58.3 cm³/mol. The topological polar surface area (TPSA) is 23.5 Å². The van der Waals surface area contributed by atoms with Crippen LogP contribution in [0.2, 0.25) is 0 Å². The number of hydrogen-bond acceptors (Lipinski definition) is 2. The number of aliphatic hydroxyl groups is 1. The van der Waals surface area contributed by atoms with Crippen LogP contribution in [0.5, 0.6) is 0 Å². The molecule has 82 valence electrons. The summed E-state index contributed by atoms with van der Waals surface area (Å²) in [6.45, 7) is 7.95. The molecule has 1 aliphatic heterocycles. The van der Waals surface area contributed by atoms with Crippen LogP contribution in [0.4, 0.5) is 0 Å². The van der Waals surface area contributed by atoms with Gasteiger partial charge in [0.1, 0.15) is 0 Å². The number of nitrogens with zero attached hydrogens (tertiary/aromatic N) is 1. The van der Waals surface area contributed by atoms with Gasteiger partial charge in [0.05, 0.1) is 5.60 Å². The normalized spacial score (nSPS) is 33.0. The van der Waals surface area contributed by atoms with Gasteiger partial charge in [-0.25, -0.2) is 0 Å². The Balaban J connectivity index is 2.11. The lowest BCUT2D eigenvalue weighted by Crippen LogP contribution is -2.56. The third kappa shape index (κ3) is 1.82. The van der Waals surface area contributed by atoms with E-state index in [0.29, 0.717) is 6.04 Å². The third-order valence-electron chi connectivity index (χ3n) is 3.75. The maximum Gasteiger partial charge on any atom is 0.0804 e. The first-order valence-electron chi connectivity index (χ1n) is 5.93. The molecule has 14 heavy (non-hydrogen) atoms. The lowest BCUT2D eigenvalue weighted by atomic mass is 9.90. The van der Waals surface area contributed by atoms with E-state index in [2.05, 4.69) is 25.7 Å². The molecule has 1 atom stereocenters. The minimum absolute atomic E-state index is 0.212. The fourth-order valence-electron chi connectivity index (χ4n) is 2.75. The van der Waals surface area contributed by atoms with Crippen molar-refractivity contribution in [2.24, 2.45) is 0 Å². The molecule has 1 saturated heterocycles. The largest absolute Gasteiger partial charge is 0.388 e. The van der Waals surface area contributed by atoms with Gasteiger partial charge < -0.3 is 5.11 Å². The molecule has 2 nitrogen and oxygen atoms in total. The van der Waals surface area contributed by atoms with Crippen LogP contribution in [0.15, 0.2) is 0 Å². The Hall–Kier alpha value is -0.0800. The molecule has 2 fully saturated rings. The second-order valence-corrected chi connectivity index (χ2v) is 5.98. The van der Waals surface area contributed by atoms with Crippen LogP contribution in [0.1, 0.15) is 52.9 Å². The van der Waals surface area contributed by atoms with E-state index in [1.165, 1.54) is 19.3 Å². The minimum Gasteiger partial charge on any atom is -0.388 e. The first kappa shape index (κ1) is 10.4. The van der Waals surface area contributed by atoms with E-state index in [9.17, 15) is 5.11 Å². The Morgan fingerprint density at radius 1 is 1.21 bits per heavy atom. The molecule has 0 radical (unpaired) electrons. The highest BCUT2D eigenvalue weighted by molar-refractivity contribution is 5.07. The molecule has 1 heterocycles. The zero-order valence-electron chi connectivity index (χ0n) is 9.71. The molecule has 2 aliphatic rings. The first-order valence-corrected chi connectivity index (χ1v) is 5.93. The molecule has 0 spiro atoms. The minimum atomic E-state index is -0.326. The second kappa shape index (κ2) is 3.21. The lowest BCUT2D eigenvalue weighted by Gasteiger charge is -2.46. The van der Waals surface area contributed by atoms with Crippen LogP contribution >= 0.6 is 0 Å². The fourth-order valence-corrected chi connectivity index (χ4v) is 2.75. The fraction of sp³-hybridized carbons (Fsp3) is 1.00. The summed E-state index contributed by atoms with van der Waals surface area (Å²) in [6, 6.07) is 0.427. The van der Waals surface area contributed by atoms with Gasteiger partial charge in [-0.15, -0.1) is 0 Å². The highest BCUT2D eigenvalue weighted by Crippen LogP contribution is 2.45. The molecule has 1 saturated carbocycles. The van der Waals surface area contributed by atoms with E-state index >= 15 is 0 Å². The van der Waals surface area contributed by atoms with Crippen LogP contribution < -0.4 is 0 Å². The summed E-state index contributed by atoms with van der Waals surface area (Å²) in [5.74, 6) is 0. The molecule has 0 bridgehead atoms. The van der Waals surface area contributed by atoms with Crippen molar-refractivity contribution < 1.29 is 5.11 Å². The van der Waals surface area contributed by atoms with Crippen molar-refractivity contribution in [1.82, 2.24) is 4.90 Å². The van der Waals surface area contributed by atoms with Gasteiger partial charge >= 0.3 is 0 Å². The standard InChI is InChI=1S/C12H23NO/c1-11(2,3)13-9-5-4-6-10(13)12(14)7-8-12/h10,14H,4-9H2,1-3H3. The summed E-state index contributed by atoms with van der Waals surface area (Å²) in [5.41, 5.74) is -0.114. The molecule has 0 aromatic carbocycles. The van der Waals surface area contributed by atoms with Crippen LogP contribution in [-0.2, 0) is 0 Å². The van der Waals surface area contributed by atoms with E-state index in [-0.39, 0.29) is 11.1 Å². The Bertz CT molecular complexity index is 202. The molecule has 0 aromatic heterocycles. The van der Waals surface area contributed by atoms with E-state index in [1.54, 1.807) is 0 Å². The van der Waals surface area contributed by atoms with Crippen molar-refractivity contribution in [3.05, 3.63) is 0 Å². The van der Waals surface area contributed by atoms with Gasteiger partial charge in [-0.05, 0) is 53.0 Å². The van der Waals surface area contributed by atoms with Crippen molar-refractivity contribution in [2.75, 3.05) is 6.54 Å². The first-order chi connectivity index (χ1) is 6.43. The van der Waals surface area contributed by atoms with Gasteiger partial charge in [-0.3, -0.25) is 4.90 Å². The summed E-state index contributed by atoms with van der Waals surface area (Å²) in [4.78, 5) is 2.52. The van der Waals surface area contributed by atoms with Crippen LogP contribution in [0, 0.1) is 0 Å². The summed E-state index contributed by atoms with van der Waals surface area (Å²) < 4.78 is 0. The Kier molecular flexibility index (Phi) is 2.39. The molecular weight excluding hydrogens is 174 g/mol. The number of rotatable bonds is 1. The molecule has 2 heteroatoms. The Morgan fingerprint density at radius 3 is 2.36 bits per heavy atom. The van der Waals surface area contributed by atoms with E-state index in [1.807, 2.05) is 0 Å². The van der Waals surface area contributed by atoms with Gasteiger partial charge in [0.15, 0.2) is 0 Å². The maximum absolute atomic E-state index is 10.2. The molecular formula is C12H23NO. The van der Waals surface area contributed by atoms with Crippen LogP contribution in [0.25, 0.3) is 0 Å². The summed E-state index contributed by atoms with van der Waals surface area (Å²) >= 11 is 0. The van der Waals surface area contributed by atoms with Gasteiger partial charge in [0, 0.05) is 11.6 Å². The van der Waals surface area contributed by atoms with Gasteiger partial charge in [-0.1, -0.05) is 6.42 Å². The molecule has 0 aromatic rings. The number of likely N-dealkylation sites (tertiary alicyclic amines) is 1. The summed E-state index contributed by atoms with van der Waals surface area (Å²) in [5, 5.41) is 10.2. The van der Waals surface area contributed by atoms with Crippen molar-refractivity contribution in [1.29, 1.82) is 0 Å². The van der Waals surface area contributed by atoms with Crippen LogP contribution in [-0.4, -0.2) is 33.7 Å². The van der Waals surface area contributed by atoms with E-state index in [4.69, 9.17) is 0 Å². The molecule has 1 aliphatic carbocycles. The van der Waals surface area contributed by atoms with Crippen molar-refractivity contribution >= 4 is 0 Å². The number of hydrogen-bond donors (Lipinski definition) is 1. The van der Waals surface area contributed by atoms with Crippen molar-refractivity contribution in [3.63, 3.8) is 0 Å². The summed E-state index contributed by atoms with van der Waals surface area (Å²) in [7, 11) is 0. The Labute approximate surface area is 87.3 Å². The van der Waals surface area contributed by atoms with E-state index < -0.39 is 0 Å². The molecule has 0 amide bonds. The smallest absolute Gasteiger partial charge is 0.0804 e. The Morgan fingerprint density at radius 2 is 1.86 bits per heavy atom. The average Bonchev–Trinajstić information content (AvgIpc) is 2.84. The van der Waals surface area contributed by atoms with E-state index in [0.717, 1.165) is 19.4 Å². The van der Waals surface area contributed by atoms with Gasteiger partial charge in [0.2, 0.25) is 0 Å². The monoisotopic (exact) mass is 197 g/mol. The zero-order chi connectivity index (χ0) is 10.4. The lowest BCUT2D eigenvalue weighted by molar-refractivity contribution is -0.0365. The van der Waals surface area contributed by atoms with Crippen molar-refractivity contribution in [3.8, 4) is 0 Å². The highest BCUT2D eigenvalue weighted by Gasteiger charge is 2.52. The molecule has 2 rings (SSSR count). The third-order valence-corrected chi connectivity index (χ3v) is 3.75. The quantitative estimate of drug-likeness (QED) is 0.696. The predicted octanol–water partition coefficient (Wildman–Crippen LogP) is 2.16. The highest BCUT2D eigenvalue weighted by atomic mass is 16.3. The maximum atomic E-state index is 10.2. The zero-order valence-corrected chi connectivity index (χ0v) is 9.71. The SMILES string of the molecule is CC(C)(C)N1CCCCC1C1(O)CC1. The number of piperidine rings is 1.